The van der Waals surface area contributed by atoms with E-state index < -0.39 is 10.0 Å². The van der Waals surface area contributed by atoms with E-state index in [1.54, 1.807) is 7.05 Å². The van der Waals surface area contributed by atoms with Crippen molar-refractivity contribution in [3.05, 3.63) is 11.8 Å². The number of alkyl halides is 1. The average molecular weight is 280 g/mol. The second-order valence-corrected chi connectivity index (χ2v) is 6.14. The summed E-state index contributed by atoms with van der Waals surface area (Å²) in [6.45, 7) is 2.59. The summed E-state index contributed by atoms with van der Waals surface area (Å²) in [5.41, 5.74) is 0.508. The number of nitrogens with zero attached hydrogens (tertiary/aromatic N) is 2. The first-order chi connectivity index (χ1) is 8.04. The third kappa shape index (κ3) is 3.43. The zero-order valence-corrected chi connectivity index (χ0v) is 11.7. The van der Waals surface area contributed by atoms with Crippen LogP contribution in [0.15, 0.2) is 11.2 Å². The fraction of sp³-hybridized carbons (Fsp3) is 0.700. The van der Waals surface area contributed by atoms with Crippen molar-refractivity contribution in [2.24, 2.45) is 0 Å². The van der Waals surface area contributed by atoms with E-state index in [2.05, 4.69) is 17.1 Å². The Morgan fingerprint density at radius 1 is 1.47 bits per heavy atom. The van der Waals surface area contributed by atoms with Crippen molar-refractivity contribution in [1.82, 2.24) is 14.5 Å². The van der Waals surface area contributed by atoms with Crippen molar-refractivity contribution in [3.63, 3.8) is 0 Å². The largest absolute Gasteiger partial charge is 0.266 e. The maximum absolute atomic E-state index is 12.2. The Morgan fingerprint density at radius 2 is 2.18 bits per heavy atom. The minimum absolute atomic E-state index is 0.103. The minimum atomic E-state index is -3.49. The number of unbranched alkanes of at least 4 members (excludes halogenated alkanes) is 2. The predicted octanol–water partition coefficient (Wildman–Crippen LogP) is 1.96. The second-order valence-electron chi connectivity index (χ2n) is 3.89. The van der Waals surface area contributed by atoms with Crippen LogP contribution < -0.4 is 0 Å². The molecular weight excluding hydrogens is 262 g/mol. The summed E-state index contributed by atoms with van der Waals surface area (Å²) in [6.07, 6.45) is 4.38. The molecule has 0 bridgehead atoms. The summed E-state index contributed by atoms with van der Waals surface area (Å²) >= 11 is 5.67. The molecule has 17 heavy (non-hydrogen) atoms. The number of nitrogens with one attached hydrogen (secondary N) is 1. The predicted molar refractivity (Wildman–Crippen MR) is 67.5 cm³/mol. The summed E-state index contributed by atoms with van der Waals surface area (Å²) in [6, 6.07) is 0. The van der Waals surface area contributed by atoms with Gasteiger partial charge in [-0.3, -0.25) is 5.10 Å². The van der Waals surface area contributed by atoms with Gasteiger partial charge in [0.2, 0.25) is 0 Å². The molecule has 0 spiro atoms. The van der Waals surface area contributed by atoms with E-state index in [-0.39, 0.29) is 10.9 Å². The van der Waals surface area contributed by atoms with Gasteiger partial charge in [0.25, 0.3) is 10.0 Å². The average Bonchev–Trinajstić information content (AvgIpc) is 2.77. The monoisotopic (exact) mass is 279 g/mol. The summed E-state index contributed by atoms with van der Waals surface area (Å²) in [5.74, 6) is 0.133. The van der Waals surface area contributed by atoms with Gasteiger partial charge >= 0.3 is 0 Å². The number of hydrogen-bond donors (Lipinski definition) is 1. The summed E-state index contributed by atoms with van der Waals surface area (Å²) in [7, 11) is -1.91. The highest BCUT2D eigenvalue weighted by molar-refractivity contribution is 7.89. The Morgan fingerprint density at radius 3 is 2.76 bits per heavy atom. The Bertz CT molecular complexity index is 444. The number of H-pyrrole nitrogens is 1. The lowest BCUT2D eigenvalue weighted by atomic mass is 10.2. The smallest absolute Gasteiger partial charge is 0.260 e. The fourth-order valence-corrected chi connectivity index (χ4v) is 3.07. The van der Waals surface area contributed by atoms with Crippen molar-refractivity contribution >= 4 is 21.6 Å². The quantitative estimate of drug-likeness (QED) is 0.613. The molecule has 1 rings (SSSR count). The molecule has 0 fully saturated rings. The van der Waals surface area contributed by atoms with Gasteiger partial charge in [-0.1, -0.05) is 19.8 Å². The molecular formula is C10H18ClN3O2S. The Balaban J connectivity index is 2.80. The van der Waals surface area contributed by atoms with Gasteiger partial charge in [0.05, 0.1) is 12.1 Å². The second kappa shape index (κ2) is 6.37. The van der Waals surface area contributed by atoms with E-state index in [4.69, 9.17) is 11.6 Å². The molecule has 0 aliphatic carbocycles. The van der Waals surface area contributed by atoms with Gasteiger partial charge in [0.1, 0.15) is 0 Å². The van der Waals surface area contributed by atoms with E-state index in [1.165, 1.54) is 10.5 Å². The van der Waals surface area contributed by atoms with Crippen LogP contribution in [0, 0.1) is 0 Å². The third-order valence-corrected chi connectivity index (χ3v) is 4.73. The lowest BCUT2D eigenvalue weighted by molar-refractivity contribution is 0.451. The Kier molecular flexibility index (Phi) is 5.42. The maximum Gasteiger partial charge on any atom is 0.260 e. The molecule has 0 saturated heterocycles. The van der Waals surface area contributed by atoms with Gasteiger partial charge in [0, 0.05) is 19.2 Å². The van der Waals surface area contributed by atoms with E-state index >= 15 is 0 Å². The van der Waals surface area contributed by atoms with Crippen LogP contribution in [0.5, 0.6) is 0 Å². The first kappa shape index (κ1) is 14.5. The number of aromatic amines is 1. The van der Waals surface area contributed by atoms with Gasteiger partial charge in [-0.25, -0.2) is 8.42 Å². The lowest BCUT2D eigenvalue weighted by Crippen LogP contribution is -2.29. The minimum Gasteiger partial charge on any atom is -0.266 e. The van der Waals surface area contributed by atoms with Crippen molar-refractivity contribution in [2.45, 2.75) is 37.1 Å². The molecule has 0 radical (unpaired) electrons. The van der Waals surface area contributed by atoms with Gasteiger partial charge in [-0.05, 0) is 6.42 Å². The maximum atomic E-state index is 12.2. The zero-order valence-electron chi connectivity index (χ0n) is 10.1. The van der Waals surface area contributed by atoms with Crippen LogP contribution in [0.1, 0.15) is 31.7 Å². The fourth-order valence-electron chi connectivity index (χ4n) is 1.48. The first-order valence-corrected chi connectivity index (χ1v) is 7.56. The molecule has 0 amide bonds. The third-order valence-electron chi connectivity index (χ3n) is 2.57. The van der Waals surface area contributed by atoms with Crippen LogP contribution >= 0.6 is 11.6 Å². The van der Waals surface area contributed by atoms with Crippen LogP contribution in [0.2, 0.25) is 0 Å². The molecule has 0 atom stereocenters. The van der Waals surface area contributed by atoms with Crippen LogP contribution in [0.3, 0.4) is 0 Å². The molecule has 0 aliphatic heterocycles. The molecule has 1 aromatic rings. The normalized spacial score (nSPS) is 12.2. The number of sulfonamides is 1. The van der Waals surface area contributed by atoms with Crippen molar-refractivity contribution < 1.29 is 8.42 Å². The summed E-state index contributed by atoms with van der Waals surface area (Å²) in [4.78, 5) is 0. The summed E-state index contributed by atoms with van der Waals surface area (Å²) < 4.78 is 25.7. The zero-order chi connectivity index (χ0) is 12.9. The van der Waals surface area contributed by atoms with Crippen molar-refractivity contribution in [3.8, 4) is 0 Å². The van der Waals surface area contributed by atoms with Crippen molar-refractivity contribution in [1.29, 1.82) is 0 Å². The molecule has 5 nitrogen and oxygen atoms in total. The lowest BCUT2D eigenvalue weighted by Gasteiger charge is -2.16. The number of aromatic nitrogens is 2. The van der Waals surface area contributed by atoms with Crippen molar-refractivity contribution in [2.75, 3.05) is 13.6 Å². The molecule has 1 N–H and O–H groups in total. The Hall–Kier alpha value is -0.590. The Labute approximate surface area is 107 Å². The molecule has 0 aromatic carbocycles. The first-order valence-electron chi connectivity index (χ1n) is 5.58. The number of halogens is 1. The highest BCUT2D eigenvalue weighted by atomic mass is 35.5. The van der Waals surface area contributed by atoms with Gasteiger partial charge in [0.15, 0.2) is 5.03 Å². The van der Waals surface area contributed by atoms with Crippen LogP contribution in [-0.2, 0) is 15.9 Å². The van der Waals surface area contributed by atoms with Crippen LogP contribution in [-0.4, -0.2) is 36.5 Å². The molecule has 1 heterocycles. The van der Waals surface area contributed by atoms with Gasteiger partial charge in [-0.2, -0.15) is 9.40 Å². The van der Waals surface area contributed by atoms with E-state index in [9.17, 15) is 8.42 Å². The van der Waals surface area contributed by atoms with Gasteiger partial charge in [-0.15, -0.1) is 11.6 Å². The van der Waals surface area contributed by atoms with Gasteiger partial charge < -0.3 is 0 Å². The molecule has 1 aromatic heterocycles. The molecule has 98 valence electrons. The highest BCUT2D eigenvalue weighted by Gasteiger charge is 2.24. The molecule has 0 unspecified atom stereocenters. The summed E-state index contributed by atoms with van der Waals surface area (Å²) in [5, 5.41) is 6.33. The highest BCUT2D eigenvalue weighted by Crippen LogP contribution is 2.18. The number of hydrogen-bond acceptors (Lipinski definition) is 3. The molecule has 7 heteroatoms. The molecule has 0 saturated carbocycles. The van der Waals surface area contributed by atoms with Crippen LogP contribution in [0.25, 0.3) is 0 Å². The topological polar surface area (TPSA) is 66.1 Å². The number of rotatable bonds is 7. The van der Waals surface area contributed by atoms with Crippen LogP contribution in [0.4, 0.5) is 0 Å². The van der Waals surface area contributed by atoms with E-state index in [1.807, 2.05) is 0 Å². The standard InChI is InChI=1S/C10H18ClN3O2S/c1-3-4-5-6-14(2)17(15,16)10-9(7-11)8-12-13-10/h8H,3-7H2,1-2H3,(H,12,13). The van der Waals surface area contributed by atoms with E-state index in [0.29, 0.717) is 12.1 Å². The SMILES string of the molecule is CCCCCN(C)S(=O)(=O)c1[nH]ncc1CCl. The molecule has 0 aliphatic rings. The van der Waals surface area contributed by atoms with E-state index in [0.717, 1.165) is 19.3 Å².